The molecule has 4 heteroatoms. The number of halogens is 3. The molecule has 0 radical (unpaired) electrons. The molecule has 0 spiro atoms. The fraction of sp³-hybridized carbons (Fsp3) is 0.333. The predicted octanol–water partition coefficient (Wildman–Crippen LogP) is 2.92. The number of alkyl halides is 1. The van der Waals surface area contributed by atoms with E-state index < -0.39 is 0 Å². The topological polar surface area (TPSA) is 12.0 Å². The van der Waals surface area contributed by atoms with Crippen molar-refractivity contribution < 1.29 is 4.39 Å². The van der Waals surface area contributed by atoms with Crippen LogP contribution in [0.3, 0.4) is 0 Å². The van der Waals surface area contributed by atoms with Gasteiger partial charge in [0.1, 0.15) is 5.82 Å². The van der Waals surface area contributed by atoms with Gasteiger partial charge in [0.15, 0.2) is 0 Å². The predicted molar refractivity (Wildman–Crippen MR) is 56.5 cm³/mol. The molecule has 1 nitrogen and oxygen atoms in total. The molecule has 1 rings (SSSR count). The molecule has 0 heterocycles. The van der Waals surface area contributed by atoms with Crippen LogP contribution in [0, 0.1) is 5.82 Å². The third-order valence-corrected chi connectivity index (χ3v) is 2.53. The van der Waals surface area contributed by atoms with E-state index in [2.05, 4.69) is 21.2 Å². The van der Waals surface area contributed by atoms with Crippen molar-refractivity contribution in [2.45, 2.75) is 6.54 Å². The summed E-state index contributed by atoms with van der Waals surface area (Å²) in [4.78, 5) is 0. The number of nitrogens with one attached hydrogen (secondary N) is 1. The lowest BCUT2D eigenvalue weighted by Gasteiger charge is -2.04. The van der Waals surface area contributed by atoms with Crippen molar-refractivity contribution in [2.75, 3.05) is 12.4 Å². The Kier molecular flexibility index (Phi) is 4.70. The SMILES string of the molecule is Fc1ccc(CNCCCl)c(Br)c1. The van der Waals surface area contributed by atoms with Gasteiger partial charge in [0.05, 0.1) is 0 Å². The van der Waals surface area contributed by atoms with Gasteiger partial charge in [0.25, 0.3) is 0 Å². The molecule has 1 aromatic carbocycles. The summed E-state index contributed by atoms with van der Waals surface area (Å²) in [6, 6.07) is 4.65. The number of hydrogen-bond donors (Lipinski definition) is 1. The molecule has 1 N–H and O–H groups in total. The van der Waals surface area contributed by atoms with Crippen LogP contribution in [0.4, 0.5) is 4.39 Å². The maximum atomic E-state index is 12.7. The van der Waals surface area contributed by atoms with Crippen LogP contribution in [0.25, 0.3) is 0 Å². The first-order valence-corrected chi connectivity index (χ1v) is 5.27. The van der Waals surface area contributed by atoms with Gasteiger partial charge in [-0.05, 0) is 17.7 Å². The fourth-order valence-corrected chi connectivity index (χ4v) is 1.58. The van der Waals surface area contributed by atoms with Gasteiger partial charge in [-0.3, -0.25) is 0 Å². The first-order valence-electron chi connectivity index (χ1n) is 3.94. The monoisotopic (exact) mass is 265 g/mol. The van der Waals surface area contributed by atoms with Crippen LogP contribution >= 0.6 is 27.5 Å². The van der Waals surface area contributed by atoms with Gasteiger partial charge in [-0.2, -0.15) is 0 Å². The van der Waals surface area contributed by atoms with Crippen molar-refractivity contribution in [3.63, 3.8) is 0 Å². The third kappa shape index (κ3) is 3.63. The van der Waals surface area contributed by atoms with Crippen LogP contribution in [0.1, 0.15) is 5.56 Å². The quantitative estimate of drug-likeness (QED) is 0.653. The van der Waals surface area contributed by atoms with E-state index in [9.17, 15) is 4.39 Å². The first-order chi connectivity index (χ1) is 6.24. The smallest absolute Gasteiger partial charge is 0.124 e. The van der Waals surface area contributed by atoms with E-state index in [4.69, 9.17) is 11.6 Å². The number of hydrogen-bond acceptors (Lipinski definition) is 1. The number of benzene rings is 1. The Bertz CT molecular complexity index is 280. The van der Waals surface area contributed by atoms with Crippen molar-refractivity contribution in [2.24, 2.45) is 0 Å². The Morgan fingerprint density at radius 3 is 2.85 bits per heavy atom. The standard InChI is InChI=1S/C9H10BrClFN/c10-9-5-8(12)2-1-7(9)6-13-4-3-11/h1-2,5,13H,3-4,6H2. The average Bonchev–Trinajstić information content (AvgIpc) is 2.09. The van der Waals surface area contributed by atoms with Gasteiger partial charge >= 0.3 is 0 Å². The van der Waals surface area contributed by atoms with Crippen molar-refractivity contribution in [1.82, 2.24) is 5.32 Å². The lowest BCUT2D eigenvalue weighted by atomic mass is 10.2. The van der Waals surface area contributed by atoms with Gasteiger partial charge < -0.3 is 5.32 Å². The van der Waals surface area contributed by atoms with Crippen LogP contribution in [-0.4, -0.2) is 12.4 Å². The molecule has 0 atom stereocenters. The lowest BCUT2D eigenvalue weighted by Crippen LogP contribution is -2.15. The molecule has 0 amide bonds. The summed E-state index contributed by atoms with van der Waals surface area (Å²) in [5, 5.41) is 3.13. The zero-order valence-corrected chi connectivity index (χ0v) is 9.33. The van der Waals surface area contributed by atoms with Crippen molar-refractivity contribution in [3.8, 4) is 0 Å². The molecule has 0 unspecified atom stereocenters. The highest BCUT2D eigenvalue weighted by molar-refractivity contribution is 9.10. The summed E-state index contributed by atoms with van der Waals surface area (Å²) < 4.78 is 13.5. The minimum atomic E-state index is -0.229. The van der Waals surface area contributed by atoms with E-state index >= 15 is 0 Å². The largest absolute Gasteiger partial charge is 0.311 e. The molecule has 0 aliphatic heterocycles. The Labute approximate surface area is 90.4 Å². The zero-order valence-electron chi connectivity index (χ0n) is 6.99. The van der Waals surface area contributed by atoms with Crippen LogP contribution in [0.5, 0.6) is 0 Å². The Balaban J connectivity index is 2.56. The van der Waals surface area contributed by atoms with Gasteiger partial charge in [0, 0.05) is 23.4 Å². The lowest BCUT2D eigenvalue weighted by molar-refractivity contribution is 0.624. The van der Waals surface area contributed by atoms with E-state index in [1.807, 2.05) is 0 Å². The molecule has 0 saturated carbocycles. The Morgan fingerprint density at radius 1 is 1.46 bits per heavy atom. The second-order valence-corrected chi connectivity index (χ2v) is 3.83. The van der Waals surface area contributed by atoms with Crippen molar-refractivity contribution >= 4 is 27.5 Å². The second-order valence-electron chi connectivity index (χ2n) is 2.60. The van der Waals surface area contributed by atoms with Crippen LogP contribution in [0.2, 0.25) is 0 Å². The van der Waals surface area contributed by atoms with Gasteiger partial charge in [-0.15, -0.1) is 11.6 Å². The molecule has 0 aliphatic rings. The second kappa shape index (κ2) is 5.58. The number of rotatable bonds is 4. The summed E-state index contributed by atoms with van der Waals surface area (Å²) in [6.07, 6.45) is 0. The van der Waals surface area contributed by atoms with Gasteiger partial charge in [-0.1, -0.05) is 22.0 Å². The molecule has 1 aromatic rings. The van der Waals surface area contributed by atoms with Crippen LogP contribution in [0.15, 0.2) is 22.7 Å². The van der Waals surface area contributed by atoms with Crippen molar-refractivity contribution in [3.05, 3.63) is 34.1 Å². The average molecular weight is 267 g/mol. The molecule has 0 aliphatic carbocycles. The van der Waals surface area contributed by atoms with E-state index in [1.54, 1.807) is 6.07 Å². The maximum absolute atomic E-state index is 12.7. The molecule has 13 heavy (non-hydrogen) atoms. The summed E-state index contributed by atoms with van der Waals surface area (Å²) in [5.41, 5.74) is 1.03. The van der Waals surface area contributed by atoms with Crippen LogP contribution < -0.4 is 5.32 Å². The maximum Gasteiger partial charge on any atom is 0.124 e. The first kappa shape index (κ1) is 11.0. The Hall–Kier alpha value is -0.120. The molecule has 72 valence electrons. The molecular formula is C9H10BrClFN. The van der Waals surface area contributed by atoms with Crippen molar-refractivity contribution in [1.29, 1.82) is 0 Å². The summed E-state index contributed by atoms with van der Waals surface area (Å²) in [7, 11) is 0. The summed E-state index contributed by atoms with van der Waals surface area (Å²) >= 11 is 8.78. The molecule has 0 saturated heterocycles. The molecule has 0 bridgehead atoms. The minimum absolute atomic E-state index is 0.229. The normalized spacial score (nSPS) is 10.4. The highest BCUT2D eigenvalue weighted by Crippen LogP contribution is 2.17. The van der Waals surface area contributed by atoms with Gasteiger partial charge in [-0.25, -0.2) is 4.39 Å². The van der Waals surface area contributed by atoms with E-state index in [0.29, 0.717) is 12.4 Å². The van der Waals surface area contributed by atoms with E-state index in [-0.39, 0.29) is 5.82 Å². The molecular weight excluding hydrogens is 256 g/mol. The Morgan fingerprint density at radius 2 is 2.23 bits per heavy atom. The minimum Gasteiger partial charge on any atom is -0.311 e. The van der Waals surface area contributed by atoms with E-state index in [0.717, 1.165) is 16.6 Å². The summed E-state index contributed by atoms with van der Waals surface area (Å²) in [5.74, 6) is 0.353. The summed E-state index contributed by atoms with van der Waals surface area (Å²) in [6.45, 7) is 1.46. The van der Waals surface area contributed by atoms with Gasteiger partial charge in [0.2, 0.25) is 0 Å². The highest BCUT2D eigenvalue weighted by Gasteiger charge is 2.00. The van der Waals surface area contributed by atoms with Crippen LogP contribution in [-0.2, 0) is 6.54 Å². The fourth-order valence-electron chi connectivity index (χ4n) is 0.955. The zero-order chi connectivity index (χ0) is 9.68. The molecule has 0 aromatic heterocycles. The third-order valence-electron chi connectivity index (χ3n) is 1.60. The van der Waals surface area contributed by atoms with E-state index in [1.165, 1.54) is 12.1 Å². The highest BCUT2D eigenvalue weighted by atomic mass is 79.9. The molecule has 0 fully saturated rings.